The van der Waals surface area contributed by atoms with Gasteiger partial charge in [-0.25, -0.2) is 4.79 Å². The lowest BCUT2D eigenvalue weighted by atomic mass is 10.2. The predicted octanol–water partition coefficient (Wildman–Crippen LogP) is 5.67. The molecule has 28 heavy (non-hydrogen) atoms. The third-order valence-corrected chi connectivity index (χ3v) is 5.81. The van der Waals surface area contributed by atoms with Crippen LogP contribution in [0.15, 0.2) is 48.5 Å². The third-order valence-electron chi connectivity index (χ3n) is 3.52. The fourth-order valence-electron chi connectivity index (χ4n) is 2.26. The first-order valence-electron chi connectivity index (χ1n) is 8.58. The second kappa shape index (κ2) is 10.3. The van der Waals surface area contributed by atoms with Crippen molar-refractivity contribution in [3.63, 3.8) is 0 Å². The van der Waals surface area contributed by atoms with Gasteiger partial charge in [-0.15, -0.1) is 22.0 Å². The molecule has 0 bridgehead atoms. The minimum atomic E-state index is -0.360. The van der Waals surface area contributed by atoms with Crippen LogP contribution in [0.1, 0.15) is 17.5 Å². The topological polar surface area (TPSA) is 76.1 Å². The second-order valence-electron chi connectivity index (χ2n) is 5.66. The van der Waals surface area contributed by atoms with E-state index in [1.165, 1.54) is 16.9 Å². The fraction of sp³-hybridized carbons (Fsp3) is 0.211. The highest BCUT2D eigenvalue weighted by molar-refractivity contribution is 7.97. The van der Waals surface area contributed by atoms with Gasteiger partial charge in [-0.05, 0) is 48.9 Å². The van der Waals surface area contributed by atoms with E-state index >= 15 is 0 Å². The lowest BCUT2D eigenvalue weighted by Gasteiger charge is -2.06. The van der Waals surface area contributed by atoms with Gasteiger partial charge in [0.15, 0.2) is 0 Å². The smallest absolute Gasteiger partial charge is 0.325 e. The monoisotopic (exact) mass is 434 g/mol. The van der Waals surface area contributed by atoms with Crippen molar-refractivity contribution in [3.8, 4) is 5.75 Å². The number of rotatable bonds is 8. The Hall–Kier alpha value is -2.29. The van der Waals surface area contributed by atoms with E-state index in [0.29, 0.717) is 17.4 Å². The number of aromatic nitrogens is 2. The lowest BCUT2D eigenvalue weighted by Crippen LogP contribution is -2.19. The summed E-state index contributed by atoms with van der Waals surface area (Å²) in [7, 11) is 0. The zero-order chi connectivity index (χ0) is 19.8. The van der Waals surface area contributed by atoms with Gasteiger partial charge in [-0.3, -0.25) is 5.32 Å². The largest absolute Gasteiger partial charge is 0.494 e. The number of nitrogens with one attached hydrogen (secondary N) is 2. The number of carbonyl (C=O) groups excluding carboxylic acids is 1. The van der Waals surface area contributed by atoms with Crippen LogP contribution in [0.2, 0.25) is 5.02 Å². The maximum absolute atomic E-state index is 12.1. The number of ether oxygens (including phenoxy) is 1. The van der Waals surface area contributed by atoms with Crippen LogP contribution in [0.25, 0.3) is 0 Å². The molecule has 0 aliphatic heterocycles. The molecular formula is C19H19ClN4O2S2. The summed E-state index contributed by atoms with van der Waals surface area (Å²) in [6.45, 7) is 2.52. The Morgan fingerprint density at radius 1 is 1.07 bits per heavy atom. The van der Waals surface area contributed by atoms with Crippen LogP contribution in [-0.4, -0.2) is 22.8 Å². The average Bonchev–Trinajstić information content (AvgIpc) is 3.12. The van der Waals surface area contributed by atoms with Gasteiger partial charge in [0.1, 0.15) is 10.8 Å². The predicted molar refractivity (Wildman–Crippen MR) is 117 cm³/mol. The van der Waals surface area contributed by atoms with E-state index in [0.717, 1.165) is 27.3 Å². The van der Waals surface area contributed by atoms with Crippen molar-refractivity contribution in [3.05, 3.63) is 64.1 Å². The Kier molecular flexibility index (Phi) is 7.53. The van der Waals surface area contributed by atoms with Crippen molar-refractivity contribution in [1.29, 1.82) is 0 Å². The first-order chi connectivity index (χ1) is 13.6. The summed E-state index contributed by atoms with van der Waals surface area (Å²) in [4.78, 5) is 12.1. The Morgan fingerprint density at radius 2 is 1.82 bits per heavy atom. The van der Waals surface area contributed by atoms with Crippen LogP contribution in [0, 0.1) is 0 Å². The Labute approximate surface area is 176 Å². The van der Waals surface area contributed by atoms with Crippen molar-refractivity contribution in [2.24, 2.45) is 0 Å². The number of carbonyl (C=O) groups is 1. The number of nitrogens with zero attached hydrogens (tertiary/aromatic N) is 2. The number of halogens is 1. The summed E-state index contributed by atoms with van der Waals surface area (Å²) < 4.78 is 5.38. The van der Waals surface area contributed by atoms with E-state index in [1.54, 1.807) is 36.0 Å². The first-order valence-corrected chi connectivity index (χ1v) is 10.9. The quantitative estimate of drug-likeness (QED) is 0.477. The fourth-order valence-corrected chi connectivity index (χ4v) is 4.16. The van der Waals surface area contributed by atoms with Crippen LogP contribution >= 0.6 is 34.7 Å². The molecule has 146 valence electrons. The normalized spacial score (nSPS) is 10.5. The second-order valence-corrected chi connectivity index (χ2v) is 8.14. The van der Waals surface area contributed by atoms with Gasteiger partial charge >= 0.3 is 6.03 Å². The van der Waals surface area contributed by atoms with Gasteiger partial charge in [0, 0.05) is 22.2 Å². The summed E-state index contributed by atoms with van der Waals surface area (Å²) in [5.41, 5.74) is 1.87. The molecule has 2 N–H and O–H groups in total. The van der Waals surface area contributed by atoms with E-state index in [1.807, 2.05) is 31.2 Å². The zero-order valence-corrected chi connectivity index (χ0v) is 17.5. The molecule has 9 heteroatoms. The molecule has 0 spiro atoms. The minimum Gasteiger partial charge on any atom is -0.494 e. The molecule has 6 nitrogen and oxygen atoms in total. The summed E-state index contributed by atoms with van der Waals surface area (Å²) in [6.07, 6.45) is 0. The molecule has 0 unspecified atom stereocenters. The van der Waals surface area contributed by atoms with E-state index in [9.17, 15) is 4.79 Å². The number of benzene rings is 2. The SMILES string of the molecule is CCOc1ccc(NC(=O)Nc2nnc(CSCc3ccc(Cl)cc3)s2)cc1. The van der Waals surface area contributed by atoms with Crippen molar-refractivity contribution >= 4 is 51.5 Å². The Balaban J connectivity index is 1.44. The maximum Gasteiger partial charge on any atom is 0.325 e. The van der Waals surface area contributed by atoms with Gasteiger partial charge < -0.3 is 10.1 Å². The molecule has 0 saturated carbocycles. The zero-order valence-electron chi connectivity index (χ0n) is 15.1. The van der Waals surface area contributed by atoms with Crippen LogP contribution in [0.4, 0.5) is 15.6 Å². The Bertz CT molecular complexity index is 901. The highest BCUT2D eigenvalue weighted by Crippen LogP contribution is 2.23. The third kappa shape index (κ3) is 6.40. The van der Waals surface area contributed by atoms with Crippen molar-refractivity contribution in [1.82, 2.24) is 10.2 Å². The summed E-state index contributed by atoms with van der Waals surface area (Å²) in [5.74, 6) is 2.35. The van der Waals surface area contributed by atoms with Crippen molar-refractivity contribution < 1.29 is 9.53 Å². The van der Waals surface area contributed by atoms with E-state index < -0.39 is 0 Å². The van der Waals surface area contributed by atoms with Crippen LogP contribution in [-0.2, 0) is 11.5 Å². The molecule has 0 saturated heterocycles. The maximum atomic E-state index is 12.1. The highest BCUT2D eigenvalue weighted by atomic mass is 35.5. The number of thioether (sulfide) groups is 1. The number of hydrogen-bond donors (Lipinski definition) is 2. The average molecular weight is 435 g/mol. The molecule has 2 aromatic carbocycles. The van der Waals surface area contributed by atoms with E-state index in [-0.39, 0.29) is 6.03 Å². The molecule has 3 aromatic rings. The van der Waals surface area contributed by atoms with Gasteiger partial charge in [-0.2, -0.15) is 0 Å². The lowest BCUT2D eigenvalue weighted by molar-refractivity contribution is 0.262. The molecule has 0 fully saturated rings. The van der Waals surface area contributed by atoms with Gasteiger partial charge in [0.25, 0.3) is 0 Å². The first kappa shape index (κ1) is 20.4. The van der Waals surface area contributed by atoms with Gasteiger partial charge in [0.2, 0.25) is 5.13 Å². The summed E-state index contributed by atoms with van der Waals surface area (Å²) in [5, 5.41) is 15.7. The molecule has 3 rings (SSSR count). The molecule has 1 heterocycles. The molecule has 2 amide bonds. The minimum absolute atomic E-state index is 0.360. The van der Waals surface area contributed by atoms with E-state index in [2.05, 4.69) is 20.8 Å². The van der Waals surface area contributed by atoms with E-state index in [4.69, 9.17) is 16.3 Å². The summed E-state index contributed by atoms with van der Waals surface area (Å²) >= 11 is 8.98. The molecular weight excluding hydrogens is 416 g/mol. The Morgan fingerprint density at radius 3 is 2.54 bits per heavy atom. The highest BCUT2D eigenvalue weighted by Gasteiger charge is 2.09. The van der Waals surface area contributed by atoms with Crippen LogP contribution < -0.4 is 15.4 Å². The van der Waals surface area contributed by atoms with Crippen molar-refractivity contribution in [2.75, 3.05) is 17.2 Å². The molecule has 0 aliphatic carbocycles. The number of urea groups is 1. The molecule has 0 atom stereocenters. The molecule has 0 aliphatic rings. The van der Waals surface area contributed by atoms with Gasteiger partial charge in [-0.1, -0.05) is 35.1 Å². The number of hydrogen-bond acceptors (Lipinski definition) is 6. The number of amides is 2. The molecule has 1 aromatic heterocycles. The summed E-state index contributed by atoms with van der Waals surface area (Å²) in [6, 6.07) is 14.6. The number of anilines is 2. The van der Waals surface area contributed by atoms with Crippen LogP contribution in [0.3, 0.4) is 0 Å². The molecule has 0 radical (unpaired) electrons. The van der Waals surface area contributed by atoms with Gasteiger partial charge in [0.05, 0.1) is 6.61 Å². The van der Waals surface area contributed by atoms with Crippen molar-refractivity contribution in [2.45, 2.75) is 18.4 Å². The van der Waals surface area contributed by atoms with Crippen LogP contribution in [0.5, 0.6) is 5.75 Å². The standard InChI is InChI=1S/C19H19ClN4O2S2/c1-2-26-16-9-7-15(8-10-16)21-18(25)22-19-24-23-17(28-19)12-27-11-13-3-5-14(20)6-4-13/h3-10H,2,11-12H2,1H3,(H2,21,22,24,25).